The van der Waals surface area contributed by atoms with Gasteiger partial charge < -0.3 is 10.6 Å². The van der Waals surface area contributed by atoms with Crippen LogP contribution >= 0.6 is 0 Å². The summed E-state index contributed by atoms with van der Waals surface area (Å²) in [4.78, 5) is 4.08. The van der Waals surface area contributed by atoms with E-state index in [4.69, 9.17) is 0 Å². The highest BCUT2D eigenvalue weighted by atomic mass is 15.3. The topological polar surface area (TPSA) is 54.2 Å². The molecule has 0 radical (unpaired) electrons. The fourth-order valence-corrected chi connectivity index (χ4v) is 1.27. The van der Waals surface area contributed by atoms with E-state index >= 15 is 0 Å². The number of aryl methyl sites for hydroxylation is 1. The van der Waals surface area contributed by atoms with Gasteiger partial charge in [-0.15, -0.1) is 6.58 Å². The second-order valence-corrected chi connectivity index (χ2v) is 3.29. The normalized spacial score (nSPS) is 11.2. The molecule has 0 amide bonds. The Balaban J connectivity index is 2.11. The lowest BCUT2D eigenvalue weighted by Crippen LogP contribution is -2.37. The van der Waals surface area contributed by atoms with Gasteiger partial charge >= 0.3 is 0 Å². The van der Waals surface area contributed by atoms with Gasteiger partial charge in [-0.05, 0) is 12.5 Å². The molecule has 5 nitrogen and oxygen atoms in total. The summed E-state index contributed by atoms with van der Waals surface area (Å²) in [6, 6.07) is 1.93. The fraction of sp³-hybridized carbons (Fsp3) is 0.455. The lowest BCUT2D eigenvalue weighted by Gasteiger charge is -2.10. The van der Waals surface area contributed by atoms with E-state index in [9.17, 15) is 0 Å². The van der Waals surface area contributed by atoms with Crippen LogP contribution in [-0.2, 0) is 6.54 Å². The maximum Gasteiger partial charge on any atom is 0.191 e. The average Bonchev–Trinajstić information content (AvgIpc) is 2.81. The van der Waals surface area contributed by atoms with E-state index in [1.807, 2.05) is 16.9 Å². The van der Waals surface area contributed by atoms with Crippen molar-refractivity contribution in [3.05, 3.63) is 31.1 Å². The summed E-state index contributed by atoms with van der Waals surface area (Å²) in [6.07, 6.45) is 6.57. The molecule has 1 heterocycles. The summed E-state index contributed by atoms with van der Waals surface area (Å²) < 4.78 is 1.92. The zero-order valence-corrected chi connectivity index (χ0v) is 9.69. The van der Waals surface area contributed by atoms with Crippen LogP contribution in [0.4, 0.5) is 0 Å². The SMILES string of the molecule is C=CCNC(=NC)NCCCn1cccn1. The molecule has 0 aliphatic carbocycles. The van der Waals surface area contributed by atoms with Gasteiger partial charge in [0.25, 0.3) is 0 Å². The van der Waals surface area contributed by atoms with Gasteiger partial charge in [0.1, 0.15) is 0 Å². The van der Waals surface area contributed by atoms with Crippen molar-refractivity contribution in [1.82, 2.24) is 20.4 Å². The highest BCUT2D eigenvalue weighted by Gasteiger charge is 1.95. The number of aliphatic imine (C=N–C) groups is 1. The van der Waals surface area contributed by atoms with E-state index in [0.29, 0.717) is 0 Å². The van der Waals surface area contributed by atoms with E-state index in [1.165, 1.54) is 0 Å². The van der Waals surface area contributed by atoms with Gasteiger partial charge in [0.2, 0.25) is 0 Å². The largest absolute Gasteiger partial charge is 0.356 e. The molecule has 1 aromatic rings. The monoisotopic (exact) mass is 221 g/mol. The number of hydrogen-bond acceptors (Lipinski definition) is 2. The van der Waals surface area contributed by atoms with Crippen molar-refractivity contribution in [3.8, 4) is 0 Å². The standard InChI is InChI=1S/C11H19N5/c1-3-6-13-11(12-2)14-7-4-9-16-10-5-8-15-16/h3,5,8,10H,1,4,6-7,9H2,2H3,(H2,12,13,14). The number of rotatable bonds is 6. The van der Waals surface area contributed by atoms with E-state index in [-0.39, 0.29) is 0 Å². The first-order valence-electron chi connectivity index (χ1n) is 5.39. The third-order valence-corrected chi connectivity index (χ3v) is 2.05. The zero-order chi connectivity index (χ0) is 11.6. The van der Waals surface area contributed by atoms with E-state index < -0.39 is 0 Å². The van der Waals surface area contributed by atoms with Crippen LogP contribution in [0.25, 0.3) is 0 Å². The molecule has 0 aliphatic heterocycles. The fourth-order valence-electron chi connectivity index (χ4n) is 1.27. The molecule has 0 unspecified atom stereocenters. The zero-order valence-electron chi connectivity index (χ0n) is 9.69. The molecule has 0 saturated heterocycles. The summed E-state index contributed by atoms with van der Waals surface area (Å²) >= 11 is 0. The summed E-state index contributed by atoms with van der Waals surface area (Å²) in [6.45, 7) is 6.15. The van der Waals surface area contributed by atoms with Crippen LogP contribution in [0.15, 0.2) is 36.1 Å². The maximum absolute atomic E-state index is 4.13. The van der Waals surface area contributed by atoms with Crippen molar-refractivity contribution in [2.75, 3.05) is 20.1 Å². The van der Waals surface area contributed by atoms with Gasteiger partial charge in [0, 0.05) is 39.1 Å². The molecule has 0 bridgehead atoms. The first-order valence-corrected chi connectivity index (χ1v) is 5.39. The molecule has 2 N–H and O–H groups in total. The highest BCUT2D eigenvalue weighted by molar-refractivity contribution is 5.79. The minimum atomic E-state index is 0.721. The van der Waals surface area contributed by atoms with Crippen LogP contribution in [0.3, 0.4) is 0 Å². The van der Waals surface area contributed by atoms with Crippen LogP contribution in [0, 0.1) is 0 Å². The molecule has 5 heteroatoms. The van der Waals surface area contributed by atoms with E-state index in [0.717, 1.165) is 32.0 Å². The lowest BCUT2D eigenvalue weighted by molar-refractivity contribution is 0.571. The quantitative estimate of drug-likeness (QED) is 0.320. The molecule has 0 aromatic carbocycles. The first-order chi connectivity index (χ1) is 7.86. The van der Waals surface area contributed by atoms with Gasteiger partial charge in [-0.2, -0.15) is 5.10 Å². The van der Waals surface area contributed by atoms with Crippen molar-refractivity contribution in [2.24, 2.45) is 4.99 Å². The van der Waals surface area contributed by atoms with Gasteiger partial charge in [-0.1, -0.05) is 6.08 Å². The molecular formula is C11H19N5. The molecule has 1 rings (SSSR count). The molecular weight excluding hydrogens is 202 g/mol. The Kier molecular flexibility index (Phi) is 5.76. The van der Waals surface area contributed by atoms with Crippen molar-refractivity contribution in [2.45, 2.75) is 13.0 Å². The Morgan fingerprint density at radius 1 is 1.56 bits per heavy atom. The Morgan fingerprint density at radius 2 is 2.44 bits per heavy atom. The van der Waals surface area contributed by atoms with E-state index in [2.05, 4.69) is 27.3 Å². The predicted octanol–water partition coefficient (Wildman–Crippen LogP) is 0.624. The number of nitrogens with zero attached hydrogens (tertiary/aromatic N) is 3. The minimum Gasteiger partial charge on any atom is -0.356 e. The van der Waals surface area contributed by atoms with Gasteiger partial charge in [0.05, 0.1) is 0 Å². The van der Waals surface area contributed by atoms with Crippen molar-refractivity contribution in [1.29, 1.82) is 0 Å². The minimum absolute atomic E-state index is 0.721. The summed E-state index contributed by atoms with van der Waals surface area (Å²) in [7, 11) is 1.76. The average molecular weight is 221 g/mol. The molecule has 0 saturated carbocycles. The molecule has 0 aliphatic rings. The third-order valence-electron chi connectivity index (χ3n) is 2.05. The van der Waals surface area contributed by atoms with Crippen molar-refractivity contribution >= 4 is 5.96 Å². The number of guanidine groups is 1. The molecule has 1 aromatic heterocycles. The summed E-state index contributed by atoms with van der Waals surface area (Å²) in [5.74, 6) is 0.806. The van der Waals surface area contributed by atoms with Crippen molar-refractivity contribution in [3.63, 3.8) is 0 Å². The molecule has 0 atom stereocenters. The summed E-state index contributed by atoms with van der Waals surface area (Å²) in [5.41, 5.74) is 0. The molecule has 0 spiro atoms. The predicted molar refractivity (Wildman–Crippen MR) is 66.4 cm³/mol. The second-order valence-electron chi connectivity index (χ2n) is 3.29. The Labute approximate surface area is 96.3 Å². The van der Waals surface area contributed by atoms with Crippen LogP contribution in [0.5, 0.6) is 0 Å². The van der Waals surface area contributed by atoms with Crippen LogP contribution in [0.2, 0.25) is 0 Å². The number of hydrogen-bond donors (Lipinski definition) is 2. The van der Waals surface area contributed by atoms with Gasteiger partial charge in [-0.3, -0.25) is 9.67 Å². The smallest absolute Gasteiger partial charge is 0.191 e. The summed E-state index contributed by atoms with van der Waals surface area (Å²) in [5, 5.41) is 10.5. The molecule has 0 fully saturated rings. The Hall–Kier alpha value is -1.78. The van der Waals surface area contributed by atoms with Gasteiger partial charge in [-0.25, -0.2) is 0 Å². The van der Waals surface area contributed by atoms with Crippen LogP contribution in [-0.4, -0.2) is 35.9 Å². The molecule has 88 valence electrons. The lowest BCUT2D eigenvalue weighted by atomic mass is 10.4. The maximum atomic E-state index is 4.13. The highest BCUT2D eigenvalue weighted by Crippen LogP contribution is 1.87. The van der Waals surface area contributed by atoms with Crippen LogP contribution in [0.1, 0.15) is 6.42 Å². The van der Waals surface area contributed by atoms with E-state index in [1.54, 1.807) is 19.3 Å². The molecule has 16 heavy (non-hydrogen) atoms. The number of aromatic nitrogens is 2. The number of nitrogens with one attached hydrogen (secondary N) is 2. The van der Waals surface area contributed by atoms with Crippen LogP contribution < -0.4 is 10.6 Å². The third kappa shape index (κ3) is 4.63. The van der Waals surface area contributed by atoms with Crippen molar-refractivity contribution < 1.29 is 0 Å². The second kappa shape index (κ2) is 7.50. The van der Waals surface area contributed by atoms with Gasteiger partial charge in [0.15, 0.2) is 5.96 Å². The first kappa shape index (κ1) is 12.3. The Bertz CT molecular complexity index is 315. The Morgan fingerprint density at radius 3 is 3.06 bits per heavy atom.